The molecule has 0 saturated carbocycles. The standard InChI is InChI=1S/C19H25N5O3/c1-19(2,3)27-18(26)24-10-8-15-14(12-24)16(22-23(15)4)17(25)21-11-13-7-5-6-9-20-13/h5-7,9H,8,10-12H2,1-4H3,(H,21,25). The molecule has 0 atom stereocenters. The first-order valence-corrected chi connectivity index (χ1v) is 8.95. The molecule has 1 aliphatic heterocycles. The fraction of sp³-hybridized carbons (Fsp3) is 0.474. The van der Waals surface area contributed by atoms with Gasteiger partial charge in [-0.25, -0.2) is 4.79 Å². The van der Waals surface area contributed by atoms with Crippen LogP contribution in [0.2, 0.25) is 0 Å². The summed E-state index contributed by atoms with van der Waals surface area (Å²) in [6, 6.07) is 5.54. The predicted molar refractivity (Wildman–Crippen MR) is 99.0 cm³/mol. The highest BCUT2D eigenvalue weighted by molar-refractivity contribution is 5.94. The molecule has 0 saturated heterocycles. The number of nitrogens with zero attached hydrogens (tertiary/aromatic N) is 4. The lowest BCUT2D eigenvalue weighted by atomic mass is 10.0. The number of pyridine rings is 1. The minimum atomic E-state index is -0.560. The lowest BCUT2D eigenvalue weighted by Crippen LogP contribution is -2.40. The number of aryl methyl sites for hydroxylation is 1. The Morgan fingerprint density at radius 1 is 1.30 bits per heavy atom. The second kappa shape index (κ2) is 7.38. The fourth-order valence-corrected chi connectivity index (χ4v) is 3.01. The third-order valence-electron chi connectivity index (χ3n) is 4.27. The molecule has 1 N–H and O–H groups in total. The van der Waals surface area contributed by atoms with Crippen LogP contribution in [-0.4, -0.2) is 43.8 Å². The van der Waals surface area contributed by atoms with Crippen LogP contribution >= 0.6 is 0 Å². The second-order valence-electron chi connectivity index (χ2n) is 7.55. The van der Waals surface area contributed by atoms with Crippen molar-refractivity contribution in [3.05, 3.63) is 47.0 Å². The van der Waals surface area contributed by atoms with E-state index < -0.39 is 5.60 Å². The molecular weight excluding hydrogens is 346 g/mol. The molecule has 2 amide bonds. The summed E-state index contributed by atoms with van der Waals surface area (Å²) in [4.78, 5) is 30.9. The molecule has 3 heterocycles. The van der Waals surface area contributed by atoms with E-state index in [1.807, 2.05) is 46.0 Å². The number of aromatic nitrogens is 3. The van der Waals surface area contributed by atoms with E-state index >= 15 is 0 Å². The van der Waals surface area contributed by atoms with Gasteiger partial charge in [-0.2, -0.15) is 5.10 Å². The van der Waals surface area contributed by atoms with Gasteiger partial charge in [0, 0.05) is 37.5 Å². The van der Waals surface area contributed by atoms with Gasteiger partial charge in [0.1, 0.15) is 5.60 Å². The molecular formula is C19H25N5O3. The van der Waals surface area contributed by atoms with Crippen molar-refractivity contribution in [3.8, 4) is 0 Å². The van der Waals surface area contributed by atoms with Crippen LogP contribution < -0.4 is 5.32 Å². The zero-order chi connectivity index (χ0) is 19.6. The van der Waals surface area contributed by atoms with E-state index in [2.05, 4.69) is 15.4 Å². The molecule has 0 aromatic carbocycles. The van der Waals surface area contributed by atoms with Crippen LogP contribution in [0.15, 0.2) is 24.4 Å². The van der Waals surface area contributed by atoms with Gasteiger partial charge in [-0.3, -0.25) is 14.5 Å². The molecule has 3 rings (SSSR count). The average Bonchev–Trinajstić information content (AvgIpc) is 2.95. The Kier molecular flexibility index (Phi) is 5.16. The van der Waals surface area contributed by atoms with Gasteiger partial charge in [-0.05, 0) is 32.9 Å². The van der Waals surface area contributed by atoms with E-state index in [0.717, 1.165) is 17.0 Å². The van der Waals surface area contributed by atoms with Crippen molar-refractivity contribution in [3.63, 3.8) is 0 Å². The van der Waals surface area contributed by atoms with Gasteiger partial charge >= 0.3 is 6.09 Å². The first-order chi connectivity index (χ1) is 12.7. The van der Waals surface area contributed by atoms with Crippen LogP contribution in [0.3, 0.4) is 0 Å². The molecule has 8 heteroatoms. The number of nitrogens with one attached hydrogen (secondary N) is 1. The summed E-state index contributed by atoms with van der Waals surface area (Å²) in [6.07, 6.45) is 1.94. The monoisotopic (exact) mass is 371 g/mol. The fourth-order valence-electron chi connectivity index (χ4n) is 3.01. The molecule has 0 unspecified atom stereocenters. The van der Waals surface area contributed by atoms with Gasteiger partial charge in [-0.1, -0.05) is 6.07 Å². The molecule has 0 bridgehead atoms. The molecule has 0 spiro atoms. The van der Waals surface area contributed by atoms with Crippen molar-refractivity contribution in [1.29, 1.82) is 0 Å². The quantitative estimate of drug-likeness (QED) is 0.892. The van der Waals surface area contributed by atoms with E-state index in [-0.39, 0.29) is 12.0 Å². The highest BCUT2D eigenvalue weighted by Gasteiger charge is 2.31. The topological polar surface area (TPSA) is 89.4 Å². The Hall–Kier alpha value is -2.90. The van der Waals surface area contributed by atoms with Crippen molar-refractivity contribution in [1.82, 2.24) is 25.0 Å². The second-order valence-corrected chi connectivity index (χ2v) is 7.55. The molecule has 0 radical (unpaired) electrons. The Labute approximate surface area is 158 Å². The van der Waals surface area contributed by atoms with Crippen LogP contribution in [0.5, 0.6) is 0 Å². The summed E-state index contributed by atoms with van der Waals surface area (Å²) >= 11 is 0. The van der Waals surface area contributed by atoms with Gasteiger partial charge in [0.05, 0.1) is 18.8 Å². The molecule has 8 nitrogen and oxygen atoms in total. The smallest absolute Gasteiger partial charge is 0.410 e. The molecule has 0 aliphatic carbocycles. The van der Waals surface area contributed by atoms with Crippen molar-refractivity contribution in [2.24, 2.45) is 7.05 Å². The summed E-state index contributed by atoms with van der Waals surface area (Å²) < 4.78 is 7.18. The van der Waals surface area contributed by atoms with Crippen LogP contribution in [0.4, 0.5) is 4.79 Å². The normalized spacial score (nSPS) is 13.9. The van der Waals surface area contributed by atoms with Crippen molar-refractivity contribution in [2.45, 2.75) is 45.9 Å². The van der Waals surface area contributed by atoms with Crippen LogP contribution in [0.25, 0.3) is 0 Å². The Morgan fingerprint density at radius 3 is 2.74 bits per heavy atom. The summed E-state index contributed by atoms with van der Waals surface area (Å²) in [5.74, 6) is -0.274. The maximum Gasteiger partial charge on any atom is 0.410 e. The number of rotatable bonds is 3. The van der Waals surface area contributed by atoms with E-state index in [9.17, 15) is 9.59 Å². The first kappa shape index (κ1) is 18.9. The number of amides is 2. The number of carbonyl (C=O) groups is 2. The van der Waals surface area contributed by atoms with Gasteiger partial charge in [0.2, 0.25) is 0 Å². The maximum atomic E-state index is 12.7. The van der Waals surface area contributed by atoms with Crippen molar-refractivity contribution < 1.29 is 14.3 Å². The van der Waals surface area contributed by atoms with Crippen molar-refractivity contribution in [2.75, 3.05) is 6.54 Å². The summed E-state index contributed by atoms with van der Waals surface area (Å²) in [7, 11) is 1.82. The maximum absolute atomic E-state index is 12.7. The minimum absolute atomic E-state index is 0.274. The third kappa shape index (κ3) is 4.45. The van der Waals surface area contributed by atoms with Gasteiger partial charge in [0.25, 0.3) is 5.91 Å². The Balaban J connectivity index is 1.74. The minimum Gasteiger partial charge on any atom is -0.444 e. The predicted octanol–water partition coefficient (Wildman–Crippen LogP) is 2.04. The molecule has 144 valence electrons. The van der Waals surface area contributed by atoms with E-state index in [0.29, 0.717) is 31.7 Å². The average molecular weight is 371 g/mol. The largest absolute Gasteiger partial charge is 0.444 e. The van der Waals surface area contributed by atoms with E-state index in [1.165, 1.54) is 0 Å². The zero-order valence-corrected chi connectivity index (χ0v) is 16.2. The summed E-state index contributed by atoms with van der Waals surface area (Å²) in [6.45, 7) is 6.67. The van der Waals surface area contributed by atoms with Crippen LogP contribution in [0.1, 0.15) is 48.2 Å². The van der Waals surface area contributed by atoms with E-state index in [4.69, 9.17) is 4.74 Å². The van der Waals surface area contributed by atoms with Gasteiger partial charge in [0.15, 0.2) is 5.69 Å². The Morgan fingerprint density at radius 2 is 2.07 bits per heavy atom. The SMILES string of the molecule is Cn1nc(C(=O)NCc2ccccn2)c2c1CCN(C(=O)OC(C)(C)C)C2. The lowest BCUT2D eigenvalue weighted by molar-refractivity contribution is 0.0221. The Bertz CT molecular complexity index is 839. The molecule has 2 aromatic rings. The zero-order valence-electron chi connectivity index (χ0n) is 16.2. The lowest BCUT2D eigenvalue weighted by Gasteiger charge is -2.30. The number of hydrogen-bond acceptors (Lipinski definition) is 5. The number of ether oxygens (including phenoxy) is 1. The van der Waals surface area contributed by atoms with Gasteiger partial charge < -0.3 is 15.0 Å². The molecule has 2 aromatic heterocycles. The number of carbonyl (C=O) groups excluding carboxylic acids is 2. The molecule has 0 fully saturated rings. The first-order valence-electron chi connectivity index (χ1n) is 8.95. The van der Waals surface area contributed by atoms with Crippen molar-refractivity contribution >= 4 is 12.0 Å². The van der Waals surface area contributed by atoms with Crippen LogP contribution in [-0.2, 0) is 31.3 Å². The highest BCUT2D eigenvalue weighted by atomic mass is 16.6. The highest BCUT2D eigenvalue weighted by Crippen LogP contribution is 2.23. The molecule has 1 aliphatic rings. The number of hydrogen-bond donors (Lipinski definition) is 1. The van der Waals surface area contributed by atoms with E-state index in [1.54, 1.807) is 15.8 Å². The summed E-state index contributed by atoms with van der Waals surface area (Å²) in [5.41, 5.74) is 2.29. The van der Waals surface area contributed by atoms with Gasteiger partial charge in [-0.15, -0.1) is 0 Å². The third-order valence-corrected chi connectivity index (χ3v) is 4.27. The summed E-state index contributed by atoms with van der Waals surface area (Å²) in [5, 5.41) is 7.23. The number of fused-ring (bicyclic) bond motifs is 1. The molecule has 27 heavy (non-hydrogen) atoms. The van der Waals surface area contributed by atoms with Crippen LogP contribution in [0, 0.1) is 0 Å².